The molecule has 26 heavy (non-hydrogen) atoms. The number of carbonyl (C=O) groups excluding carboxylic acids is 1. The smallest absolute Gasteiger partial charge is 0.244 e. The van der Waals surface area contributed by atoms with Crippen molar-refractivity contribution in [3.05, 3.63) is 53.6 Å². The maximum absolute atomic E-state index is 12.0. The van der Waals surface area contributed by atoms with E-state index in [9.17, 15) is 4.79 Å². The van der Waals surface area contributed by atoms with Crippen molar-refractivity contribution in [2.75, 3.05) is 20.3 Å². The van der Waals surface area contributed by atoms with Crippen LogP contribution in [0.1, 0.15) is 25.0 Å². The second kappa shape index (κ2) is 10.1. The summed E-state index contributed by atoms with van der Waals surface area (Å²) in [5.41, 5.74) is 4.18. The van der Waals surface area contributed by atoms with Gasteiger partial charge in [0.2, 0.25) is 5.91 Å². The molecule has 0 fully saturated rings. The van der Waals surface area contributed by atoms with Crippen molar-refractivity contribution in [3.8, 4) is 17.2 Å². The van der Waals surface area contributed by atoms with Gasteiger partial charge in [-0.05, 0) is 43.7 Å². The highest BCUT2D eigenvalue weighted by atomic mass is 16.5. The zero-order chi connectivity index (χ0) is 18.8. The van der Waals surface area contributed by atoms with Gasteiger partial charge in [0.1, 0.15) is 17.2 Å². The summed E-state index contributed by atoms with van der Waals surface area (Å²) in [6.07, 6.45) is 1.80. The Hall–Kier alpha value is -3.02. The highest BCUT2D eigenvalue weighted by Gasteiger charge is 2.05. The van der Waals surface area contributed by atoms with Gasteiger partial charge in [0.05, 0.1) is 33.0 Å². The van der Waals surface area contributed by atoms with Crippen molar-refractivity contribution in [1.29, 1.82) is 0 Å². The van der Waals surface area contributed by atoms with Crippen LogP contribution in [0, 0.1) is 0 Å². The molecule has 1 amide bonds. The molecule has 0 heterocycles. The predicted octanol–water partition coefficient (Wildman–Crippen LogP) is 3.19. The van der Waals surface area contributed by atoms with Crippen LogP contribution in [0.15, 0.2) is 47.6 Å². The Labute approximate surface area is 153 Å². The van der Waals surface area contributed by atoms with E-state index in [-0.39, 0.29) is 12.3 Å². The van der Waals surface area contributed by atoms with Crippen LogP contribution in [0.5, 0.6) is 17.2 Å². The molecule has 0 saturated heterocycles. The van der Waals surface area contributed by atoms with Crippen LogP contribution in [-0.4, -0.2) is 32.4 Å². The molecule has 0 atom stereocenters. The Morgan fingerprint density at radius 2 is 1.73 bits per heavy atom. The van der Waals surface area contributed by atoms with Crippen LogP contribution in [0.2, 0.25) is 0 Å². The van der Waals surface area contributed by atoms with Crippen LogP contribution < -0.4 is 19.6 Å². The van der Waals surface area contributed by atoms with E-state index in [0.717, 1.165) is 22.6 Å². The lowest BCUT2D eigenvalue weighted by Gasteiger charge is -2.10. The van der Waals surface area contributed by atoms with Crippen molar-refractivity contribution < 1.29 is 19.0 Å². The number of nitrogens with zero attached hydrogens (tertiary/aromatic N) is 1. The van der Waals surface area contributed by atoms with E-state index >= 15 is 0 Å². The van der Waals surface area contributed by atoms with Gasteiger partial charge >= 0.3 is 0 Å². The Balaban J connectivity index is 1.96. The monoisotopic (exact) mass is 356 g/mol. The maximum Gasteiger partial charge on any atom is 0.244 e. The third kappa shape index (κ3) is 5.81. The molecule has 0 aliphatic rings. The molecule has 0 aliphatic carbocycles. The molecule has 2 rings (SSSR count). The van der Waals surface area contributed by atoms with Gasteiger partial charge in [0, 0.05) is 11.6 Å². The van der Waals surface area contributed by atoms with E-state index in [4.69, 9.17) is 14.2 Å². The lowest BCUT2D eigenvalue weighted by Crippen LogP contribution is -2.19. The second-order valence-corrected chi connectivity index (χ2v) is 5.38. The van der Waals surface area contributed by atoms with Crippen LogP contribution in [0.3, 0.4) is 0 Å². The number of hydrogen-bond donors (Lipinski definition) is 1. The fourth-order valence-corrected chi connectivity index (χ4v) is 2.30. The molecule has 6 nitrogen and oxygen atoms in total. The first-order chi connectivity index (χ1) is 12.7. The molecule has 0 radical (unpaired) electrons. The van der Waals surface area contributed by atoms with Crippen molar-refractivity contribution >= 4 is 12.1 Å². The molecular formula is C20H24N2O4. The average molecular weight is 356 g/mol. The van der Waals surface area contributed by atoms with Gasteiger partial charge in [0.25, 0.3) is 0 Å². The number of carbonyl (C=O) groups is 1. The SMILES string of the molecule is CCOc1ccc(/C=N/NC(=O)Cc2ccc(OC)cc2)c(OCC)c1. The van der Waals surface area contributed by atoms with Gasteiger partial charge in [-0.2, -0.15) is 5.10 Å². The molecule has 0 spiro atoms. The Kier molecular flexibility index (Phi) is 7.49. The minimum absolute atomic E-state index is 0.199. The summed E-state index contributed by atoms with van der Waals surface area (Å²) >= 11 is 0. The number of ether oxygens (including phenoxy) is 3. The summed E-state index contributed by atoms with van der Waals surface area (Å²) < 4.78 is 16.2. The molecule has 0 saturated carbocycles. The van der Waals surface area contributed by atoms with E-state index < -0.39 is 0 Å². The highest BCUT2D eigenvalue weighted by molar-refractivity contribution is 5.86. The molecule has 138 valence electrons. The highest BCUT2D eigenvalue weighted by Crippen LogP contribution is 2.24. The van der Waals surface area contributed by atoms with E-state index in [1.165, 1.54) is 0 Å². The molecule has 2 aromatic rings. The molecule has 2 aromatic carbocycles. The summed E-state index contributed by atoms with van der Waals surface area (Å²) in [6.45, 7) is 4.94. The number of hydrogen-bond acceptors (Lipinski definition) is 5. The van der Waals surface area contributed by atoms with E-state index in [1.807, 2.05) is 56.3 Å². The largest absolute Gasteiger partial charge is 0.497 e. The van der Waals surface area contributed by atoms with Crippen molar-refractivity contribution in [2.45, 2.75) is 20.3 Å². The van der Waals surface area contributed by atoms with Crippen LogP contribution in [0.4, 0.5) is 0 Å². The minimum atomic E-state index is -0.199. The number of amides is 1. The zero-order valence-electron chi connectivity index (χ0n) is 15.3. The third-order valence-corrected chi connectivity index (χ3v) is 3.51. The number of hydrazone groups is 1. The first kappa shape index (κ1) is 19.3. The number of nitrogens with one attached hydrogen (secondary N) is 1. The predicted molar refractivity (Wildman–Crippen MR) is 101 cm³/mol. The summed E-state index contributed by atoms with van der Waals surface area (Å²) in [6, 6.07) is 12.8. The molecule has 0 aromatic heterocycles. The number of rotatable bonds is 9. The summed E-state index contributed by atoms with van der Waals surface area (Å²) in [4.78, 5) is 12.0. The van der Waals surface area contributed by atoms with E-state index in [0.29, 0.717) is 19.0 Å². The first-order valence-electron chi connectivity index (χ1n) is 8.50. The van der Waals surface area contributed by atoms with Gasteiger partial charge in [-0.3, -0.25) is 4.79 Å². The number of benzene rings is 2. The average Bonchev–Trinajstić information content (AvgIpc) is 2.64. The van der Waals surface area contributed by atoms with Gasteiger partial charge < -0.3 is 14.2 Å². The molecular weight excluding hydrogens is 332 g/mol. The van der Waals surface area contributed by atoms with Crippen LogP contribution >= 0.6 is 0 Å². The van der Waals surface area contributed by atoms with Crippen molar-refractivity contribution in [3.63, 3.8) is 0 Å². The molecule has 0 bridgehead atoms. The summed E-state index contributed by atoms with van der Waals surface area (Å²) in [5.74, 6) is 1.95. The molecule has 1 N–H and O–H groups in total. The van der Waals surface area contributed by atoms with Gasteiger partial charge in [-0.1, -0.05) is 12.1 Å². The second-order valence-electron chi connectivity index (χ2n) is 5.38. The standard InChI is InChI=1S/C20H24N2O4/c1-4-25-18-11-8-16(19(13-18)26-5-2)14-21-22-20(23)12-15-6-9-17(24-3)10-7-15/h6-11,13-14H,4-5,12H2,1-3H3,(H,22,23)/b21-14+. The topological polar surface area (TPSA) is 69.2 Å². The van der Waals surface area contributed by atoms with E-state index in [1.54, 1.807) is 13.3 Å². The number of methoxy groups -OCH3 is 1. The summed E-state index contributed by atoms with van der Waals surface area (Å²) in [7, 11) is 1.61. The van der Waals surface area contributed by atoms with Gasteiger partial charge in [0.15, 0.2) is 0 Å². The quantitative estimate of drug-likeness (QED) is 0.553. The Bertz CT molecular complexity index is 742. The van der Waals surface area contributed by atoms with Crippen molar-refractivity contribution in [2.24, 2.45) is 5.10 Å². The van der Waals surface area contributed by atoms with Gasteiger partial charge in [-0.15, -0.1) is 0 Å². The van der Waals surface area contributed by atoms with E-state index in [2.05, 4.69) is 10.5 Å². The lowest BCUT2D eigenvalue weighted by atomic mass is 10.1. The first-order valence-corrected chi connectivity index (χ1v) is 8.50. The zero-order valence-corrected chi connectivity index (χ0v) is 15.3. The molecule has 6 heteroatoms. The lowest BCUT2D eigenvalue weighted by molar-refractivity contribution is -0.120. The Morgan fingerprint density at radius 1 is 1.04 bits per heavy atom. The minimum Gasteiger partial charge on any atom is -0.497 e. The fraction of sp³-hybridized carbons (Fsp3) is 0.300. The fourth-order valence-electron chi connectivity index (χ4n) is 2.30. The van der Waals surface area contributed by atoms with Gasteiger partial charge in [-0.25, -0.2) is 5.43 Å². The maximum atomic E-state index is 12.0. The van der Waals surface area contributed by atoms with Crippen LogP contribution in [-0.2, 0) is 11.2 Å². The molecule has 0 unspecified atom stereocenters. The molecule has 0 aliphatic heterocycles. The summed E-state index contributed by atoms with van der Waals surface area (Å²) in [5, 5.41) is 4.02. The Morgan fingerprint density at radius 3 is 2.38 bits per heavy atom. The third-order valence-electron chi connectivity index (χ3n) is 3.51. The van der Waals surface area contributed by atoms with Crippen LogP contribution in [0.25, 0.3) is 0 Å². The van der Waals surface area contributed by atoms with Crippen molar-refractivity contribution in [1.82, 2.24) is 5.43 Å². The normalized spacial score (nSPS) is 10.6.